The van der Waals surface area contributed by atoms with Crippen LogP contribution < -0.4 is 0 Å². The molecule has 0 bridgehead atoms. The average molecular weight is 239 g/mol. The van der Waals surface area contributed by atoms with E-state index in [4.69, 9.17) is 0 Å². The molecule has 3 unspecified atom stereocenters. The lowest BCUT2D eigenvalue weighted by Crippen LogP contribution is -2.42. The fourth-order valence-electron chi connectivity index (χ4n) is 3.97. The smallest absolute Gasteiger partial charge is 0.0499 e. The lowest BCUT2D eigenvalue weighted by Gasteiger charge is -2.41. The Hall–Kier alpha value is -0.0800. The number of aliphatic hydroxyl groups is 1. The van der Waals surface area contributed by atoms with Crippen LogP contribution in [-0.2, 0) is 0 Å². The highest BCUT2D eigenvalue weighted by Crippen LogP contribution is 2.40. The van der Waals surface area contributed by atoms with Crippen molar-refractivity contribution in [2.24, 2.45) is 17.3 Å². The molecule has 1 aliphatic carbocycles. The fourth-order valence-corrected chi connectivity index (χ4v) is 3.97. The standard InChI is InChI=1S/C15H29NO/c1-3-14-6-8-16(10-14)11-15(12-17)7-4-5-13(2)9-15/h13-14,17H,3-12H2,1-2H3. The first kappa shape index (κ1) is 13.4. The summed E-state index contributed by atoms with van der Waals surface area (Å²) in [5, 5.41) is 9.82. The molecule has 1 N–H and O–H groups in total. The van der Waals surface area contributed by atoms with Gasteiger partial charge in [0, 0.05) is 25.1 Å². The second-order valence-corrected chi connectivity index (χ2v) is 6.66. The van der Waals surface area contributed by atoms with Crippen LogP contribution in [0.5, 0.6) is 0 Å². The van der Waals surface area contributed by atoms with Crippen molar-refractivity contribution in [3.05, 3.63) is 0 Å². The summed E-state index contributed by atoms with van der Waals surface area (Å²) in [7, 11) is 0. The SMILES string of the molecule is CCC1CCN(CC2(CO)CCCC(C)C2)C1. The largest absolute Gasteiger partial charge is 0.396 e. The Kier molecular flexibility index (Phi) is 4.48. The van der Waals surface area contributed by atoms with E-state index in [0.29, 0.717) is 6.61 Å². The van der Waals surface area contributed by atoms with E-state index in [-0.39, 0.29) is 5.41 Å². The normalized spacial score (nSPS) is 39.7. The molecule has 2 aliphatic rings. The summed E-state index contributed by atoms with van der Waals surface area (Å²) in [6.45, 7) is 8.72. The van der Waals surface area contributed by atoms with Crippen molar-refractivity contribution < 1.29 is 5.11 Å². The van der Waals surface area contributed by atoms with Gasteiger partial charge in [0.05, 0.1) is 0 Å². The van der Waals surface area contributed by atoms with Crippen molar-refractivity contribution in [3.63, 3.8) is 0 Å². The van der Waals surface area contributed by atoms with Crippen LogP contribution in [0.15, 0.2) is 0 Å². The molecular weight excluding hydrogens is 210 g/mol. The van der Waals surface area contributed by atoms with Crippen LogP contribution in [-0.4, -0.2) is 36.2 Å². The molecule has 1 heterocycles. The third-order valence-electron chi connectivity index (χ3n) is 5.03. The van der Waals surface area contributed by atoms with Crippen LogP contribution in [0.3, 0.4) is 0 Å². The van der Waals surface area contributed by atoms with Gasteiger partial charge in [0.25, 0.3) is 0 Å². The van der Waals surface area contributed by atoms with Gasteiger partial charge in [-0.2, -0.15) is 0 Å². The van der Waals surface area contributed by atoms with Crippen molar-refractivity contribution in [3.8, 4) is 0 Å². The maximum absolute atomic E-state index is 9.82. The van der Waals surface area contributed by atoms with E-state index in [1.54, 1.807) is 0 Å². The summed E-state index contributed by atoms with van der Waals surface area (Å²) in [6, 6.07) is 0. The van der Waals surface area contributed by atoms with Crippen LogP contribution in [0, 0.1) is 17.3 Å². The monoisotopic (exact) mass is 239 g/mol. The highest BCUT2D eigenvalue weighted by molar-refractivity contribution is 4.89. The fraction of sp³-hybridized carbons (Fsp3) is 1.00. The first-order valence-electron chi connectivity index (χ1n) is 7.50. The van der Waals surface area contributed by atoms with Gasteiger partial charge in [-0.15, -0.1) is 0 Å². The molecule has 0 aromatic heterocycles. The molecule has 1 saturated heterocycles. The zero-order valence-corrected chi connectivity index (χ0v) is 11.6. The summed E-state index contributed by atoms with van der Waals surface area (Å²) < 4.78 is 0. The van der Waals surface area contributed by atoms with Crippen LogP contribution in [0.2, 0.25) is 0 Å². The van der Waals surface area contributed by atoms with Crippen LogP contribution in [0.1, 0.15) is 52.4 Å². The van der Waals surface area contributed by atoms with Gasteiger partial charge in [-0.25, -0.2) is 0 Å². The molecule has 0 aromatic rings. The molecule has 2 rings (SSSR count). The summed E-state index contributed by atoms with van der Waals surface area (Å²) in [4.78, 5) is 2.61. The molecule has 17 heavy (non-hydrogen) atoms. The molecule has 2 heteroatoms. The van der Waals surface area contributed by atoms with E-state index in [1.165, 1.54) is 51.6 Å². The topological polar surface area (TPSA) is 23.5 Å². The Morgan fingerprint density at radius 3 is 2.76 bits per heavy atom. The van der Waals surface area contributed by atoms with Crippen molar-refractivity contribution >= 4 is 0 Å². The zero-order chi connectivity index (χ0) is 12.3. The predicted octanol–water partition coefficient (Wildman–Crippen LogP) is 2.91. The quantitative estimate of drug-likeness (QED) is 0.815. The van der Waals surface area contributed by atoms with Crippen LogP contribution in [0.25, 0.3) is 0 Å². The van der Waals surface area contributed by atoms with Gasteiger partial charge < -0.3 is 10.0 Å². The van der Waals surface area contributed by atoms with Gasteiger partial charge >= 0.3 is 0 Å². The molecule has 100 valence electrons. The minimum absolute atomic E-state index is 0.223. The van der Waals surface area contributed by atoms with E-state index < -0.39 is 0 Å². The number of hydrogen-bond acceptors (Lipinski definition) is 2. The molecule has 2 fully saturated rings. The van der Waals surface area contributed by atoms with E-state index in [1.807, 2.05) is 0 Å². The van der Waals surface area contributed by atoms with E-state index >= 15 is 0 Å². The zero-order valence-electron chi connectivity index (χ0n) is 11.6. The van der Waals surface area contributed by atoms with Crippen molar-refractivity contribution in [1.82, 2.24) is 4.90 Å². The molecule has 3 atom stereocenters. The third kappa shape index (κ3) is 3.23. The second-order valence-electron chi connectivity index (χ2n) is 6.66. The molecule has 0 radical (unpaired) electrons. The summed E-state index contributed by atoms with van der Waals surface area (Å²) in [5.74, 6) is 1.72. The molecule has 0 aromatic carbocycles. The summed E-state index contributed by atoms with van der Waals surface area (Å²) in [6.07, 6.45) is 7.83. The second kappa shape index (κ2) is 5.71. The molecule has 1 saturated carbocycles. The Morgan fingerprint density at radius 1 is 1.35 bits per heavy atom. The van der Waals surface area contributed by atoms with Crippen molar-refractivity contribution in [2.45, 2.75) is 52.4 Å². The Bertz CT molecular complexity index is 243. The molecule has 0 amide bonds. The van der Waals surface area contributed by atoms with Crippen LogP contribution in [0.4, 0.5) is 0 Å². The Labute approximate surface area is 106 Å². The van der Waals surface area contributed by atoms with E-state index in [9.17, 15) is 5.11 Å². The van der Waals surface area contributed by atoms with Crippen LogP contribution >= 0.6 is 0 Å². The predicted molar refractivity (Wildman–Crippen MR) is 72.0 cm³/mol. The summed E-state index contributed by atoms with van der Waals surface area (Å²) >= 11 is 0. The minimum Gasteiger partial charge on any atom is -0.396 e. The minimum atomic E-state index is 0.223. The van der Waals surface area contributed by atoms with Gasteiger partial charge in [0.1, 0.15) is 0 Å². The molecular formula is C15H29NO. The van der Waals surface area contributed by atoms with Gasteiger partial charge in [-0.05, 0) is 37.6 Å². The molecule has 2 nitrogen and oxygen atoms in total. The number of likely N-dealkylation sites (tertiary alicyclic amines) is 1. The molecule has 1 aliphatic heterocycles. The maximum atomic E-state index is 9.82. The van der Waals surface area contributed by atoms with Gasteiger partial charge in [0.2, 0.25) is 0 Å². The average Bonchev–Trinajstić information content (AvgIpc) is 2.76. The number of aliphatic hydroxyl groups excluding tert-OH is 1. The highest BCUT2D eigenvalue weighted by atomic mass is 16.3. The van der Waals surface area contributed by atoms with E-state index in [2.05, 4.69) is 18.7 Å². The first-order chi connectivity index (χ1) is 8.17. The number of hydrogen-bond donors (Lipinski definition) is 1. The Balaban J connectivity index is 1.90. The van der Waals surface area contributed by atoms with E-state index in [0.717, 1.165) is 18.4 Å². The molecule has 0 spiro atoms. The van der Waals surface area contributed by atoms with Gasteiger partial charge in [0.15, 0.2) is 0 Å². The number of nitrogens with zero attached hydrogens (tertiary/aromatic N) is 1. The number of rotatable bonds is 4. The van der Waals surface area contributed by atoms with Crippen molar-refractivity contribution in [2.75, 3.05) is 26.2 Å². The Morgan fingerprint density at radius 2 is 2.18 bits per heavy atom. The third-order valence-corrected chi connectivity index (χ3v) is 5.03. The lowest BCUT2D eigenvalue weighted by molar-refractivity contribution is 0.0293. The maximum Gasteiger partial charge on any atom is 0.0499 e. The van der Waals surface area contributed by atoms with Gasteiger partial charge in [-0.3, -0.25) is 0 Å². The first-order valence-corrected chi connectivity index (χ1v) is 7.50. The van der Waals surface area contributed by atoms with Crippen molar-refractivity contribution in [1.29, 1.82) is 0 Å². The highest BCUT2D eigenvalue weighted by Gasteiger charge is 2.37. The van der Waals surface area contributed by atoms with Gasteiger partial charge in [-0.1, -0.05) is 33.1 Å². The lowest BCUT2D eigenvalue weighted by atomic mass is 9.70. The summed E-state index contributed by atoms with van der Waals surface area (Å²) in [5.41, 5.74) is 0.223.